The van der Waals surface area contributed by atoms with Crippen LogP contribution in [0.5, 0.6) is 0 Å². The summed E-state index contributed by atoms with van der Waals surface area (Å²) in [5, 5.41) is 0.719. The van der Waals surface area contributed by atoms with Crippen LogP contribution in [0.15, 0.2) is 24.3 Å². The Balaban J connectivity index is 2.57. The Kier molecular flexibility index (Phi) is 4.09. The molecule has 0 amide bonds. The molecule has 2 N–H and O–H groups in total. The van der Waals surface area contributed by atoms with Crippen LogP contribution in [0.3, 0.4) is 0 Å². The van der Waals surface area contributed by atoms with Crippen molar-refractivity contribution in [2.75, 3.05) is 5.73 Å². The monoisotopic (exact) mass is 291 g/mol. The van der Waals surface area contributed by atoms with E-state index >= 15 is 0 Å². The minimum atomic E-state index is -0.0338. The molecule has 0 unspecified atom stereocenters. The van der Waals surface area contributed by atoms with Gasteiger partial charge in [0.05, 0.1) is 0 Å². The van der Waals surface area contributed by atoms with E-state index in [-0.39, 0.29) is 5.41 Å². The van der Waals surface area contributed by atoms with E-state index in [4.69, 9.17) is 22.3 Å². The molecule has 1 aromatic carbocycles. The normalized spacial score (nSPS) is 11.8. The smallest absolute Gasteiger partial charge is 0.131 e. The Morgan fingerprint density at radius 2 is 1.80 bits per heavy atom. The highest BCUT2D eigenvalue weighted by molar-refractivity contribution is 6.30. The van der Waals surface area contributed by atoms with E-state index in [9.17, 15) is 0 Å². The van der Waals surface area contributed by atoms with E-state index in [2.05, 4.69) is 32.3 Å². The number of benzene rings is 1. The summed E-state index contributed by atoms with van der Waals surface area (Å²) < 4.78 is 2.13. The van der Waals surface area contributed by atoms with Gasteiger partial charge in [-0.05, 0) is 18.6 Å². The zero-order chi connectivity index (χ0) is 14.9. The van der Waals surface area contributed by atoms with Crippen molar-refractivity contribution in [1.29, 1.82) is 0 Å². The molecule has 4 heteroatoms. The lowest BCUT2D eigenvalue weighted by Crippen LogP contribution is -2.19. The predicted octanol–water partition coefficient (Wildman–Crippen LogP) is 4.49. The first-order chi connectivity index (χ1) is 9.34. The maximum atomic E-state index is 6.32. The lowest BCUT2D eigenvalue weighted by molar-refractivity contribution is 0.498. The number of imidazole rings is 1. The van der Waals surface area contributed by atoms with Gasteiger partial charge in [0.15, 0.2) is 0 Å². The molecule has 1 aromatic heterocycles. The van der Waals surface area contributed by atoms with E-state index < -0.39 is 0 Å². The number of aromatic nitrogens is 2. The molecule has 0 bridgehead atoms. The summed E-state index contributed by atoms with van der Waals surface area (Å²) in [4.78, 5) is 4.79. The summed E-state index contributed by atoms with van der Waals surface area (Å²) in [7, 11) is 0. The molecule has 0 radical (unpaired) electrons. The lowest BCUT2D eigenvalue weighted by Gasteiger charge is -2.19. The number of nitrogens with zero attached hydrogens (tertiary/aromatic N) is 2. The van der Waals surface area contributed by atoms with Crippen molar-refractivity contribution in [2.24, 2.45) is 0 Å². The minimum Gasteiger partial charge on any atom is -0.383 e. The van der Waals surface area contributed by atoms with E-state index in [0.717, 1.165) is 40.9 Å². The lowest BCUT2D eigenvalue weighted by atomic mass is 9.95. The second-order valence-corrected chi connectivity index (χ2v) is 6.51. The number of nitrogens with two attached hydrogens (primary N) is 1. The third-order valence-corrected chi connectivity index (χ3v) is 3.49. The summed E-state index contributed by atoms with van der Waals surface area (Å²) in [5.74, 6) is 1.76. The summed E-state index contributed by atoms with van der Waals surface area (Å²) in [6.45, 7) is 9.51. The highest BCUT2D eigenvalue weighted by Crippen LogP contribution is 2.32. The second kappa shape index (κ2) is 5.49. The molecular weight excluding hydrogens is 270 g/mol. The fourth-order valence-corrected chi connectivity index (χ4v) is 2.43. The van der Waals surface area contributed by atoms with Gasteiger partial charge in [-0.2, -0.15) is 0 Å². The van der Waals surface area contributed by atoms with Gasteiger partial charge in [-0.3, -0.25) is 0 Å². The number of nitrogen functional groups attached to an aromatic ring is 1. The quantitative estimate of drug-likeness (QED) is 0.905. The second-order valence-electron chi connectivity index (χ2n) is 6.08. The van der Waals surface area contributed by atoms with Crippen molar-refractivity contribution in [3.05, 3.63) is 35.1 Å². The van der Waals surface area contributed by atoms with Crippen LogP contribution in [0.4, 0.5) is 5.82 Å². The third kappa shape index (κ3) is 2.83. The Bertz CT molecular complexity index is 591. The first-order valence-corrected chi connectivity index (χ1v) is 7.34. The number of rotatable bonds is 3. The number of anilines is 1. The Labute approximate surface area is 125 Å². The van der Waals surface area contributed by atoms with E-state index in [1.54, 1.807) is 0 Å². The van der Waals surface area contributed by atoms with Gasteiger partial charge in [-0.25, -0.2) is 4.98 Å². The maximum Gasteiger partial charge on any atom is 0.131 e. The van der Waals surface area contributed by atoms with Gasteiger partial charge in [0, 0.05) is 22.5 Å². The Morgan fingerprint density at radius 1 is 1.20 bits per heavy atom. The van der Waals surface area contributed by atoms with Gasteiger partial charge in [0.1, 0.15) is 17.3 Å². The summed E-state index contributed by atoms with van der Waals surface area (Å²) in [6.07, 6.45) is 1.03. The SMILES string of the molecule is CCCn1c(C(C)(C)C)nc(-c2ccc(Cl)cc2)c1N. The predicted molar refractivity (Wildman–Crippen MR) is 86.1 cm³/mol. The number of hydrogen-bond acceptors (Lipinski definition) is 2. The summed E-state index contributed by atoms with van der Waals surface area (Å²) >= 11 is 5.94. The molecule has 0 saturated heterocycles. The van der Waals surface area contributed by atoms with Crippen LogP contribution in [-0.2, 0) is 12.0 Å². The topological polar surface area (TPSA) is 43.8 Å². The van der Waals surface area contributed by atoms with Gasteiger partial charge in [-0.15, -0.1) is 0 Å². The third-order valence-electron chi connectivity index (χ3n) is 3.24. The average Bonchev–Trinajstić information content (AvgIpc) is 2.69. The molecule has 3 nitrogen and oxygen atoms in total. The molecule has 0 aliphatic heterocycles. The van der Waals surface area contributed by atoms with Crippen LogP contribution in [-0.4, -0.2) is 9.55 Å². The van der Waals surface area contributed by atoms with Crippen molar-refractivity contribution >= 4 is 17.4 Å². The number of hydrogen-bond donors (Lipinski definition) is 1. The Morgan fingerprint density at radius 3 is 2.30 bits per heavy atom. The molecule has 0 aliphatic rings. The van der Waals surface area contributed by atoms with Crippen molar-refractivity contribution in [3.63, 3.8) is 0 Å². The van der Waals surface area contributed by atoms with Gasteiger partial charge < -0.3 is 10.3 Å². The minimum absolute atomic E-state index is 0.0338. The summed E-state index contributed by atoms with van der Waals surface area (Å²) in [5.41, 5.74) is 8.14. The maximum absolute atomic E-state index is 6.32. The van der Waals surface area contributed by atoms with Crippen LogP contribution in [0.1, 0.15) is 39.9 Å². The number of halogens is 1. The van der Waals surface area contributed by atoms with Crippen molar-refractivity contribution in [1.82, 2.24) is 9.55 Å². The first kappa shape index (κ1) is 14.9. The fourth-order valence-electron chi connectivity index (χ4n) is 2.31. The largest absolute Gasteiger partial charge is 0.383 e. The summed E-state index contributed by atoms with van der Waals surface area (Å²) in [6, 6.07) is 7.66. The first-order valence-electron chi connectivity index (χ1n) is 6.97. The molecule has 20 heavy (non-hydrogen) atoms. The van der Waals surface area contributed by atoms with Crippen molar-refractivity contribution in [2.45, 2.75) is 46.1 Å². The van der Waals surface area contributed by atoms with E-state index in [1.165, 1.54) is 0 Å². The zero-order valence-electron chi connectivity index (χ0n) is 12.6. The molecule has 2 rings (SSSR count). The molecule has 108 valence electrons. The molecule has 0 atom stereocenters. The highest BCUT2D eigenvalue weighted by Gasteiger charge is 2.25. The van der Waals surface area contributed by atoms with Gasteiger partial charge in [-0.1, -0.05) is 51.4 Å². The molecule has 1 heterocycles. The van der Waals surface area contributed by atoms with Crippen LogP contribution in [0.25, 0.3) is 11.3 Å². The molecule has 0 saturated carbocycles. The van der Waals surface area contributed by atoms with Crippen molar-refractivity contribution < 1.29 is 0 Å². The molecule has 0 aliphatic carbocycles. The fraction of sp³-hybridized carbons (Fsp3) is 0.438. The van der Waals surface area contributed by atoms with Gasteiger partial charge in [0.25, 0.3) is 0 Å². The molecule has 0 spiro atoms. The van der Waals surface area contributed by atoms with Crippen LogP contribution in [0, 0.1) is 0 Å². The van der Waals surface area contributed by atoms with Crippen LogP contribution < -0.4 is 5.73 Å². The highest BCUT2D eigenvalue weighted by atomic mass is 35.5. The van der Waals surface area contributed by atoms with Gasteiger partial charge in [0.2, 0.25) is 0 Å². The molecule has 0 fully saturated rings. The van der Waals surface area contributed by atoms with Gasteiger partial charge >= 0.3 is 0 Å². The standard InChI is InChI=1S/C16H22ClN3/c1-5-10-20-14(18)13(19-15(20)16(2,3)4)11-6-8-12(17)9-7-11/h6-9H,5,10,18H2,1-4H3. The molecular formula is C16H22ClN3. The zero-order valence-corrected chi connectivity index (χ0v) is 13.3. The molecule has 2 aromatic rings. The van der Waals surface area contributed by atoms with Crippen LogP contribution >= 0.6 is 11.6 Å². The Hall–Kier alpha value is -1.48. The van der Waals surface area contributed by atoms with E-state index in [1.807, 2.05) is 24.3 Å². The average molecular weight is 292 g/mol. The van der Waals surface area contributed by atoms with Crippen molar-refractivity contribution in [3.8, 4) is 11.3 Å². The van der Waals surface area contributed by atoms with Crippen LogP contribution in [0.2, 0.25) is 5.02 Å². The van der Waals surface area contributed by atoms with E-state index in [0.29, 0.717) is 0 Å².